The Hall–Kier alpha value is -3.15. The summed E-state index contributed by atoms with van der Waals surface area (Å²) in [6, 6.07) is 12.8. The maximum atomic E-state index is 12.2. The predicted molar refractivity (Wildman–Crippen MR) is 106 cm³/mol. The molecule has 0 saturated heterocycles. The Labute approximate surface area is 159 Å². The van der Waals surface area contributed by atoms with Gasteiger partial charge in [0.1, 0.15) is 0 Å². The number of rotatable bonds is 6. The molecule has 2 aromatic carbocycles. The Morgan fingerprint density at radius 1 is 0.926 bits per heavy atom. The van der Waals surface area contributed by atoms with Crippen molar-refractivity contribution in [2.75, 3.05) is 25.5 Å². The van der Waals surface area contributed by atoms with Crippen molar-refractivity contribution < 1.29 is 14.4 Å². The van der Waals surface area contributed by atoms with Gasteiger partial charge in [0.05, 0.1) is 13.1 Å². The molecule has 6 nitrogen and oxygen atoms in total. The summed E-state index contributed by atoms with van der Waals surface area (Å²) in [7, 11) is 1.53. The minimum Gasteiger partial charge on any atom is -0.343 e. The molecule has 0 fully saturated rings. The van der Waals surface area contributed by atoms with Crippen LogP contribution in [0.2, 0.25) is 0 Å². The Morgan fingerprint density at radius 3 is 2.30 bits per heavy atom. The lowest BCUT2D eigenvalue weighted by molar-refractivity contribution is -0.132. The molecular formula is C21H25N3O3. The van der Waals surface area contributed by atoms with Crippen LogP contribution in [-0.4, -0.2) is 42.8 Å². The summed E-state index contributed by atoms with van der Waals surface area (Å²) in [5, 5.41) is 5.41. The molecule has 0 atom stereocenters. The molecule has 0 aliphatic carbocycles. The molecule has 3 amide bonds. The van der Waals surface area contributed by atoms with E-state index in [1.165, 1.54) is 11.9 Å². The quantitative estimate of drug-likeness (QED) is 0.823. The zero-order valence-corrected chi connectivity index (χ0v) is 16.1. The first-order valence-electron chi connectivity index (χ1n) is 8.73. The third-order valence-corrected chi connectivity index (χ3v) is 4.48. The number of carbonyl (C=O) groups is 3. The third kappa shape index (κ3) is 5.41. The molecule has 0 bridgehead atoms. The summed E-state index contributed by atoms with van der Waals surface area (Å²) in [5.74, 6) is -0.937. The highest BCUT2D eigenvalue weighted by Crippen LogP contribution is 2.17. The van der Waals surface area contributed by atoms with Gasteiger partial charge in [0, 0.05) is 18.3 Å². The van der Waals surface area contributed by atoms with E-state index in [2.05, 4.69) is 10.6 Å². The smallest absolute Gasteiger partial charge is 0.251 e. The van der Waals surface area contributed by atoms with Crippen molar-refractivity contribution in [3.8, 4) is 0 Å². The van der Waals surface area contributed by atoms with E-state index in [0.717, 1.165) is 22.4 Å². The standard InChI is InChI=1S/C21H25N3O3/c1-14-9-7-11-18(16(14)3)23-19(25)13-24(4)20(26)12-22-21(27)17-10-6-5-8-15(17)2/h5-11H,12-13H2,1-4H3,(H,22,27)(H,23,25). The third-order valence-electron chi connectivity index (χ3n) is 4.48. The Kier molecular flexibility index (Phi) is 6.71. The molecule has 0 heterocycles. The summed E-state index contributed by atoms with van der Waals surface area (Å²) in [5.41, 5.74) is 4.17. The highest BCUT2D eigenvalue weighted by Gasteiger charge is 2.16. The van der Waals surface area contributed by atoms with E-state index in [9.17, 15) is 14.4 Å². The number of hydrogen-bond donors (Lipinski definition) is 2. The molecule has 2 N–H and O–H groups in total. The lowest BCUT2D eigenvalue weighted by atomic mass is 10.1. The van der Waals surface area contributed by atoms with Crippen molar-refractivity contribution >= 4 is 23.4 Å². The average Bonchev–Trinajstić information content (AvgIpc) is 2.63. The fourth-order valence-corrected chi connectivity index (χ4v) is 2.59. The van der Waals surface area contributed by atoms with Crippen LogP contribution in [-0.2, 0) is 9.59 Å². The molecule has 0 unspecified atom stereocenters. The first-order valence-corrected chi connectivity index (χ1v) is 8.73. The lowest BCUT2D eigenvalue weighted by Gasteiger charge is -2.18. The molecule has 0 radical (unpaired) electrons. The number of amides is 3. The van der Waals surface area contributed by atoms with Crippen LogP contribution in [0.25, 0.3) is 0 Å². The van der Waals surface area contributed by atoms with Gasteiger partial charge in [-0.3, -0.25) is 14.4 Å². The normalized spacial score (nSPS) is 10.2. The SMILES string of the molecule is Cc1ccccc1C(=O)NCC(=O)N(C)CC(=O)Nc1cccc(C)c1C. The van der Waals surface area contributed by atoms with Crippen LogP contribution in [0.15, 0.2) is 42.5 Å². The van der Waals surface area contributed by atoms with E-state index < -0.39 is 0 Å². The fourth-order valence-electron chi connectivity index (χ4n) is 2.59. The van der Waals surface area contributed by atoms with Gasteiger partial charge in [-0.25, -0.2) is 0 Å². The molecule has 2 rings (SSSR count). The van der Waals surface area contributed by atoms with Crippen molar-refractivity contribution in [3.63, 3.8) is 0 Å². The van der Waals surface area contributed by atoms with Crippen molar-refractivity contribution in [2.45, 2.75) is 20.8 Å². The predicted octanol–water partition coefficient (Wildman–Crippen LogP) is 2.44. The molecule has 0 aromatic heterocycles. The number of nitrogens with zero attached hydrogens (tertiary/aromatic N) is 1. The number of aryl methyl sites for hydroxylation is 2. The molecule has 142 valence electrons. The van der Waals surface area contributed by atoms with Crippen LogP contribution < -0.4 is 10.6 Å². The van der Waals surface area contributed by atoms with Crippen LogP contribution in [0.4, 0.5) is 5.69 Å². The zero-order chi connectivity index (χ0) is 20.0. The number of hydrogen-bond acceptors (Lipinski definition) is 3. The second-order valence-corrected chi connectivity index (χ2v) is 6.54. The summed E-state index contributed by atoms with van der Waals surface area (Å²) >= 11 is 0. The molecule has 0 aliphatic rings. The lowest BCUT2D eigenvalue weighted by Crippen LogP contribution is -2.41. The molecular weight excluding hydrogens is 342 g/mol. The number of nitrogens with one attached hydrogen (secondary N) is 2. The molecule has 0 spiro atoms. The van der Waals surface area contributed by atoms with E-state index >= 15 is 0 Å². The summed E-state index contributed by atoms with van der Waals surface area (Å²) in [6.07, 6.45) is 0. The molecule has 2 aromatic rings. The molecule has 27 heavy (non-hydrogen) atoms. The van der Waals surface area contributed by atoms with E-state index in [0.29, 0.717) is 5.56 Å². The first-order chi connectivity index (χ1) is 12.8. The van der Waals surface area contributed by atoms with Gasteiger partial charge in [-0.05, 0) is 49.6 Å². The summed E-state index contributed by atoms with van der Waals surface area (Å²) in [4.78, 5) is 37.9. The van der Waals surface area contributed by atoms with Gasteiger partial charge >= 0.3 is 0 Å². The Morgan fingerprint density at radius 2 is 1.59 bits per heavy atom. The maximum Gasteiger partial charge on any atom is 0.251 e. The highest BCUT2D eigenvalue weighted by molar-refractivity contribution is 5.99. The van der Waals surface area contributed by atoms with Gasteiger partial charge < -0.3 is 15.5 Å². The minimum atomic E-state index is -0.340. The van der Waals surface area contributed by atoms with Gasteiger partial charge in [0.25, 0.3) is 5.91 Å². The van der Waals surface area contributed by atoms with Crippen LogP contribution >= 0.6 is 0 Å². The first kappa shape index (κ1) is 20.2. The fraction of sp³-hybridized carbons (Fsp3) is 0.286. The van der Waals surface area contributed by atoms with Crippen LogP contribution in [0.3, 0.4) is 0 Å². The zero-order valence-electron chi connectivity index (χ0n) is 16.1. The van der Waals surface area contributed by atoms with Gasteiger partial charge in [0.2, 0.25) is 11.8 Å². The second-order valence-electron chi connectivity index (χ2n) is 6.54. The second kappa shape index (κ2) is 8.98. The number of likely N-dealkylation sites (N-methyl/N-ethyl adjacent to an activating group) is 1. The van der Waals surface area contributed by atoms with E-state index in [1.54, 1.807) is 12.1 Å². The summed E-state index contributed by atoms with van der Waals surface area (Å²) in [6.45, 7) is 5.48. The van der Waals surface area contributed by atoms with Gasteiger partial charge in [-0.15, -0.1) is 0 Å². The average molecular weight is 367 g/mol. The maximum absolute atomic E-state index is 12.2. The van der Waals surface area contributed by atoms with Gasteiger partial charge in [-0.2, -0.15) is 0 Å². The Bertz CT molecular complexity index is 862. The Balaban J connectivity index is 1.86. The van der Waals surface area contributed by atoms with Crippen molar-refractivity contribution in [1.29, 1.82) is 0 Å². The van der Waals surface area contributed by atoms with Gasteiger partial charge in [0.15, 0.2) is 0 Å². The topological polar surface area (TPSA) is 78.5 Å². The van der Waals surface area contributed by atoms with E-state index in [1.807, 2.05) is 51.1 Å². The molecule has 0 aliphatic heterocycles. The number of anilines is 1. The monoisotopic (exact) mass is 367 g/mol. The number of benzene rings is 2. The minimum absolute atomic E-state index is 0.0908. The van der Waals surface area contributed by atoms with E-state index in [-0.39, 0.29) is 30.8 Å². The van der Waals surface area contributed by atoms with Crippen LogP contribution in [0, 0.1) is 20.8 Å². The number of carbonyl (C=O) groups excluding carboxylic acids is 3. The van der Waals surface area contributed by atoms with Gasteiger partial charge in [-0.1, -0.05) is 30.3 Å². The highest BCUT2D eigenvalue weighted by atomic mass is 16.2. The van der Waals surface area contributed by atoms with Crippen LogP contribution in [0.5, 0.6) is 0 Å². The van der Waals surface area contributed by atoms with E-state index in [4.69, 9.17) is 0 Å². The summed E-state index contributed by atoms with van der Waals surface area (Å²) < 4.78 is 0. The van der Waals surface area contributed by atoms with Crippen LogP contribution in [0.1, 0.15) is 27.0 Å². The molecule has 0 saturated carbocycles. The molecule has 6 heteroatoms. The largest absolute Gasteiger partial charge is 0.343 e. The van der Waals surface area contributed by atoms with Crippen molar-refractivity contribution in [2.24, 2.45) is 0 Å². The van der Waals surface area contributed by atoms with Crippen molar-refractivity contribution in [1.82, 2.24) is 10.2 Å². The van der Waals surface area contributed by atoms with Crippen molar-refractivity contribution in [3.05, 3.63) is 64.7 Å².